The van der Waals surface area contributed by atoms with Crippen LogP contribution in [0.25, 0.3) is 43.8 Å². The SMILES string of the molecule is Cc1ccc(-c2c3ccc(N4c5ccccc5CCc5ccccc54)cc3c(-c3ccc(C)cc3C)c3ccc(N4c5ccccc5CCc5ccccc54)cc23)c(C)c1. The molecule has 0 aromatic heterocycles. The van der Waals surface area contributed by atoms with Crippen molar-refractivity contribution in [3.8, 4) is 22.3 Å². The fourth-order valence-corrected chi connectivity index (χ4v) is 10.4. The highest BCUT2D eigenvalue weighted by Crippen LogP contribution is 2.51. The van der Waals surface area contributed by atoms with Crippen LogP contribution >= 0.6 is 0 Å². The highest BCUT2D eigenvalue weighted by Gasteiger charge is 2.27. The third-order valence-electron chi connectivity index (χ3n) is 13.2. The number of rotatable bonds is 4. The fourth-order valence-electron chi connectivity index (χ4n) is 10.4. The molecule has 9 aromatic carbocycles. The standard InChI is InChI=1S/C58H48N2/c1-37-21-29-47(39(3)33-37)57-49-31-27-46(60-55-19-11-7-15-43(55)25-26-44-16-8-12-20-56(44)60)36-52(49)58(48-30-22-38(2)34-40(48)4)50-32-28-45(35-51(50)57)59-53-17-9-5-13-41(53)23-24-42-14-6-10-18-54(42)59/h5-22,27-36H,23-26H2,1-4H3. The third kappa shape index (κ3) is 5.93. The summed E-state index contributed by atoms with van der Waals surface area (Å²) < 4.78 is 0. The molecule has 60 heavy (non-hydrogen) atoms. The van der Waals surface area contributed by atoms with Crippen LogP contribution < -0.4 is 9.80 Å². The van der Waals surface area contributed by atoms with Gasteiger partial charge < -0.3 is 9.80 Å². The lowest BCUT2D eigenvalue weighted by Gasteiger charge is -2.29. The van der Waals surface area contributed by atoms with Crippen molar-refractivity contribution in [2.75, 3.05) is 9.80 Å². The molecule has 0 amide bonds. The lowest BCUT2D eigenvalue weighted by Crippen LogP contribution is -2.12. The zero-order valence-corrected chi connectivity index (χ0v) is 34.9. The molecule has 0 saturated heterocycles. The van der Waals surface area contributed by atoms with Gasteiger partial charge >= 0.3 is 0 Å². The minimum absolute atomic E-state index is 1.01. The van der Waals surface area contributed by atoms with Crippen molar-refractivity contribution in [1.29, 1.82) is 0 Å². The van der Waals surface area contributed by atoms with Gasteiger partial charge in [-0.05, 0) is 179 Å². The molecule has 0 saturated carbocycles. The van der Waals surface area contributed by atoms with Crippen molar-refractivity contribution in [3.05, 3.63) is 214 Å². The molecule has 2 aliphatic heterocycles. The van der Waals surface area contributed by atoms with E-state index in [0.29, 0.717) is 0 Å². The first-order valence-electron chi connectivity index (χ1n) is 21.5. The largest absolute Gasteiger partial charge is 0.310 e. The zero-order chi connectivity index (χ0) is 40.5. The second-order valence-electron chi connectivity index (χ2n) is 17.0. The van der Waals surface area contributed by atoms with Gasteiger partial charge in [0, 0.05) is 34.1 Å². The van der Waals surface area contributed by atoms with E-state index in [4.69, 9.17) is 0 Å². The molecule has 0 atom stereocenters. The smallest absolute Gasteiger partial charge is 0.0493 e. The maximum Gasteiger partial charge on any atom is 0.0493 e. The Morgan fingerprint density at radius 2 is 0.650 bits per heavy atom. The molecule has 0 bridgehead atoms. The van der Waals surface area contributed by atoms with Crippen molar-refractivity contribution >= 4 is 55.7 Å². The van der Waals surface area contributed by atoms with Gasteiger partial charge in [-0.1, -0.05) is 132 Å². The molecule has 0 unspecified atom stereocenters. The van der Waals surface area contributed by atoms with Gasteiger partial charge in [-0.15, -0.1) is 0 Å². The van der Waals surface area contributed by atoms with Crippen LogP contribution in [0.5, 0.6) is 0 Å². The number of benzene rings is 9. The number of hydrogen-bond donors (Lipinski definition) is 0. The van der Waals surface area contributed by atoms with Crippen LogP contribution in [0, 0.1) is 27.7 Å². The summed E-state index contributed by atoms with van der Waals surface area (Å²) in [5, 5.41) is 5.05. The Morgan fingerprint density at radius 1 is 0.317 bits per heavy atom. The van der Waals surface area contributed by atoms with E-state index < -0.39 is 0 Å². The van der Waals surface area contributed by atoms with Crippen LogP contribution in [0.4, 0.5) is 34.1 Å². The van der Waals surface area contributed by atoms with E-state index in [1.807, 2.05) is 0 Å². The van der Waals surface area contributed by atoms with E-state index in [1.165, 1.54) is 122 Å². The van der Waals surface area contributed by atoms with Gasteiger partial charge in [-0.3, -0.25) is 0 Å². The lowest BCUT2D eigenvalue weighted by atomic mass is 9.83. The van der Waals surface area contributed by atoms with E-state index >= 15 is 0 Å². The van der Waals surface area contributed by atoms with Crippen molar-refractivity contribution < 1.29 is 0 Å². The van der Waals surface area contributed by atoms with Gasteiger partial charge in [-0.2, -0.15) is 0 Å². The Hall–Kier alpha value is -6.90. The first-order chi connectivity index (χ1) is 29.4. The Balaban J connectivity index is 1.26. The number of anilines is 6. The normalized spacial score (nSPS) is 13.3. The highest BCUT2D eigenvalue weighted by atomic mass is 15.2. The minimum Gasteiger partial charge on any atom is -0.310 e. The molecule has 2 nitrogen and oxygen atoms in total. The average Bonchev–Trinajstić information content (AvgIpc) is 3.54. The van der Waals surface area contributed by atoms with Gasteiger partial charge in [-0.25, -0.2) is 0 Å². The minimum atomic E-state index is 1.01. The van der Waals surface area contributed by atoms with E-state index in [9.17, 15) is 0 Å². The third-order valence-corrected chi connectivity index (χ3v) is 13.2. The molecule has 9 aromatic rings. The Labute approximate surface area is 354 Å². The van der Waals surface area contributed by atoms with Gasteiger partial charge in [0.1, 0.15) is 0 Å². The van der Waals surface area contributed by atoms with Gasteiger partial charge in [0.15, 0.2) is 0 Å². The summed E-state index contributed by atoms with van der Waals surface area (Å²) >= 11 is 0. The van der Waals surface area contributed by atoms with E-state index in [0.717, 1.165) is 25.7 Å². The van der Waals surface area contributed by atoms with Crippen molar-refractivity contribution in [3.63, 3.8) is 0 Å². The lowest BCUT2D eigenvalue weighted by molar-refractivity contribution is 0.977. The molecular formula is C58H48N2. The highest BCUT2D eigenvalue weighted by molar-refractivity contribution is 6.23. The summed E-state index contributed by atoms with van der Waals surface area (Å²) in [4.78, 5) is 5.03. The Kier molecular flexibility index (Phi) is 8.71. The molecule has 290 valence electrons. The quantitative estimate of drug-likeness (QED) is 0.164. The maximum atomic E-state index is 2.52. The van der Waals surface area contributed by atoms with Crippen LogP contribution in [0.1, 0.15) is 44.5 Å². The molecule has 0 aliphatic carbocycles. The number of aryl methyl sites for hydroxylation is 8. The summed E-state index contributed by atoms with van der Waals surface area (Å²) in [5.74, 6) is 0. The monoisotopic (exact) mass is 772 g/mol. The van der Waals surface area contributed by atoms with E-state index in [1.54, 1.807) is 0 Å². The molecule has 2 heteroatoms. The predicted octanol–water partition coefficient (Wildman–Crippen LogP) is 15.7. The Morgan fingerprint density at radius 3 is 0.983 bits per heavy atom. The van der Waals surface area contributed by atoms with Gasteiger partial charge in [0.2, 0.25) is 0 Å². The number of fused-ring (bicyclic) bond motifs is 6. The predicted molar refractivity (Wildman–Crippen MR) is 255 cm³/mol. The second kappa shape index (κ2) is 14.4. The van der Waals surface area contributed by atoms with Crippen LogP contribution in [0.15, 0.2) is 170 Å². The summed E-state index contributed by atoms with van der Waals surface area (Å²) in [7, 11) is 0. The number of hydrogen-bond acceptors (Lipinski definition) is 2. The fraction of sp³-hybridized carbons (Fsp3) is 0.138. The van der Waals surface area contributed by atoms with Gasteiger partial charge in [0.05, 0.1) is 0 Å². The first kappa shape index (κ1) is 36.2. The number of nitrogens with zero attached hydrogens (tertiary/aromatic N) is 2. The molecule has 0 spiro atoms. The van der Waals surface area contributed by atoms with Crippen molar-refractivity contribution in [2.24, 2.45) is 0 Å². The summed E-state index contributed by atoms with van der Waals surface area (Å²) in [6, 6.07) is 64.4. The molecule has 11 rings (SSSR count). The second-order valence-corrected chi connectivity index (χ2v) is 17.0. The van der Waals surface area contributed by atoms with Crippen LogP contribution in [0.3, 0.4) is 0 Å². The van der Waals surface area contributed by atoms with Crippen LogP contribution in [-0.4, -0.2) is 0 Å². The molecular weight excluding hydrogens is 725 g/mol. The van der Waals surface area contributed by atoms with Gasteiger partial charge in [0.25, 0.3) is 0 Å². The van der Waals surface area contributed by atoms with E-state index in [2.05, 4.69) is 207 Å². The Bertz CT molecular complexity index is 2860. The molecule has 0 radical (unpaired) electrons. The maximum absolute atomic E-state index is 2.52. The molecule has 0 N–H and O–H groups in total. The van der Waals surface area contributed by atoms with Crippen molar-refractivity contribution in [2.45, 2.75) is 53.4 Å². The molecule has 2 heterocycles. The van der Waals surface area contributed by atoms with Crippen LogP contribution in [0.2, 0.25) is 0 Å². The topological polar surface area (TPSA) is 6.48 Å². The first-order valence-corrected chi connectivity index (χ1v) is 21.5. The van der Waals surface area contributed by atoms with E-state index in [-0.39, 0.29) is 0 Å². The zero-order valence-electron chi connectivity index (χ0n) is 34.9. The van der Waals surface area contributed by atoms with Crippen LogP contribution in [-0.2, 0) is 25.7 Å². The summed E-state index contributed by atoms with van der Waals surface area (Å²) in [6.45, 7) is 8.96. The average molecular weight is 773 g/mol. The molecule has 0 fully saturated rings. The number of para-hydroxylation sites is 4. The molecule has 2 aliphatic rings. The summed E-state index contributed by atoms with van der Waals surface area (Å²) in [5.41, 5.74) is 23.1. The van der Waals surface area contributed by atoms with Crippen molar-refractivity contribution in [1.82, 2.24) is 0 Å². The summed E-state index contributed by atoms with van der Waals surface area (Å²) in [6.07, 6.45) is 4.06.